The van der Waals surface area contributed by atoms with Gasteiger partial charge in [0.25, 0.3) is 0 Å². The highest BCUT2D eigenvalue weighted by molar-refractivity contribution is 5.96. The highest BCUT2D eigenvalue weighted by Crippen LogP contribution is 2.25. The molecule has 2 aromatic rings. The second-order valence-electron chi connectivity index (χ2n) is 4.39. The summed E-state index contributed by atoms with van der Waals surface area (Å²) in [6.45, 7) is 1.91. The van der Waals surface area contributed by atoms with Crippen molar-refractivity contribution in [2.45, 2.75) is 13.5 Å². The number of aromatic carboxylic acids is 1. The van der Waals surface area contributed by atoms with Crippen LogP contribution in [0.15, 0.2) is 36.4 Å². The molecule has 104 valence electrons. The number of nitrogen functional groups attached to an aromatic ring is 1. The highest BCUT2D eigenvalue weighted by atomic mass is 19.1. The number of carboxylic acids is 1. The van der Waals surface area contributed by atoms with Crippen LogP contribution in [-0.2, 0) is 6.61 Å². The first-order chi connectivity index (χ1) is 9.49. The molecule has 0 aliphatic carbocycles. The Hall–Kier alpha value is -2.56. The van der Waals surface area contributed by atoms with Crippen molar-refractivity contribution in [1.29, 1.82) is 0 Å². The Morgan fingerprint density at radius 2 is 2.10 bits per heavy atom. The van der Waals surface area contributed by atoms with E-state index in [9.17, 15) is 9.18 Å². The molecule has 0 aliphatic rings. The van der Waals surface area contributed by atoms with Crippen molar-refractivity contribution < 1.29 is 19.0 Å². The summed E-state index contributed by atoms with van der Waals surface area (Å²) in [4.78, 5) is 11.2. The summed E-state index contributed by atoms with van der Waals surface area (Å²) in [6.07, 6.45) is 0. The predicted molar refractivity (Wildman–Crippen MR) is 73.3 cm³/mol. The Morgan fingerprint density at radius 3 is 2.80 bits per heavy atom. The number of carboxylic acid groups (broad SMARTS) is 1. The molecule has 0 unspecified atom stereocenters. The Morgan fingerprint density at radius 1 is 1.35 bits per heavy atom. The zero-order chi connectivity index (χ0) is 14.7. The van der Waals surface area contributed by atoms with E-state index in [0.717, 1.165) is 5.56 Å². The SMILES string of the molecule is Cc1ccc(F)cc1COc1cccc(N)c1C(=O)O. The molecule has 0 bridgehead atoms. The van der Waals surface area contributed by atoms with Crippen LogP contribution in [0.5, 0.6) is 5.75 Å². The molecule has 0 heterocycles. The number of hydrogen-bond donors (Lipinski definition) is 2. The normalized spacial score (nSPS) is 10.3. The summed E-state index contributed by atoms with van der Waals surface area (Å²) in [6, 6.07) is 8.99. The molecule has 0 aromatic heterocycles. The van der Waals surface area contributed by atoms with Gasteiger partial charge in [-0.25, -0.2) is 9.18 Å². The smallest absolute Gasteiger partial charge is 0.341 e. The van der Waals surface area contributed by atoms with Gasteiger partial charge in [-0.2, -0.15) is 0 Å². The van der Waals surface area contributed by atoms with E-state index in [4.69, 9.17) is 15.6 Å². The number of carbonyl (C=O) groups is 1. The van der Waals surface area contributed by atoms with Gasteiger partial charge in [0.15, 0.2) is 0 Å². The highest BCUT2D eigenvalue weighted by Gasteiger charge is 2.15. The number of aryl methyl sites for hydroxylation is 1. The lowest BCUT2D eigenvalue weighted by molar-refractivity contribution is 0.0693. The number of ether oxygens (including phenoxy) is 1. The van der Waals surface area contributed by atoms with Crippen LogP contribution in [-0.4, -0.2) is 11.1 Å². The molecule has 0 saturated heterocycles. The molecule has 0 saturated carbocycles. The Bertz CT molecular complexity index is 656. The molecule has 0 aliphatic heterocycles. The fourth-order valence-electron chi connectivity index (χ4n) is 1.85. The van der Waals surface area contributed by atoms with Crippen molar-refractivity contribution in [2.75, 3.05) is 5.73 Å². The first-order valence-corrected chi connectivity index (χ1v) is 5.98. The van der Waals surface area contributed by atoms with Gasteiger partial charge in [0.05, 0.1) is 0 Å². The minimum atomic E-state index is -1.16. The van der Waals surface area contributed by atoms with Gasteiger partial charge in [0.2, 0.25) is 0 Å². The standard InChI is InChI=1S/C15H14FNO3/c1-9-5-6-11(16)7-10(9)8-20-13-4-2-3-12(17)14(13)15(18)19/h2-7H,8,17H2,1H3,(H,18,19). The van der Waals surface area contributed by atoms with E-state index in [1.165, 1.54) is 24.3 Å². The lowest BCUT2D eigenvalue weighted by Gasteiger charge is -2.12. The fraction of sp³-hybridized carbons (Fsp3) is 0.133. The lowest BCUT2D eigenvalue weighted by Crippen LogP contribution is -2.07. The van der Waals surface area contributed by atoms with E-state index in [1.807, 2.05) is 6.92 Å². The van der Waals surface area contributed by atoms with Crippen LogP contribution in [0.4, 0.5) is 10.1 Å². The predicted octanol–water partition coefficient (Wildman–Crippen LogP) is 2.99. The molecule has 2 rings (SSSR count). The Labute approximate surface area is 115 Å². The summed E-state index contributed by atoms with van der Waals surface area (Å²) in [5.74, 6) is -1.35. The number of nitrogens with two attached hydrogens (primary N) is 1. The van der Waals surface area contributed by atoms with E-state index in [1.54, 1.807) is 12.1 Å². The van der Waals surface area contributed by atoms with Crippen LogP contribution in [0.1, 0.15) is 21.5 Å². The van der Waals surface area contributed by atoms with E-state index in [0.29, 0.717) is 5.56 Å². The van der Waals surface area contributed by atoms with Gasteiger partial charge in [0.1, 0.15) is 23.7 Å². The van der Waals surface area contributed by atoms with Crippen molar-refractivity contribution in [3.63, 3.8) is 0 Å². The first-order valence-electron chi connectivity index (χ1n) is 5.98. The van der Waals surface area contributed by atoms with Gasteiger partial charge in [-0.15, -0.1) is 0 Å². The van der Waals surface area contributed by atoms with Crippen LogP contribution in [0, 0.1) is 12.7 Å². The van der Waals surface area contributed by atoms with Gasteiger partial charge >= 0.3 is 5.97 Å². The summed E-state index contributed by atoms with van der Waals surface area (Å²) in [5.41, 5.74) is 7.20. The third-order valence-corrected chi connectivity index (χ3v) is 2.97. The summed E-state index contributed by atoms with van der Waals surface area (Å²) < 4.78 is 18.6. The molecule has 0 radical (unpaired) electrons. The van der Waals surface area contributed by atoms with Crippen molar-refractivity contribution in [3.8, 4) is 5.75 Å². The quantitative estimate of drug-likeness (QED) is 0.841. The van der Waals surface area contributed by atoms with Crippen LogP contribution in [0.2, 0.25) is 0 Å². The maximum absolute atomic E-state index is 13.2. The molecule has 4 nitrogen and oxygen atoms in total. The second-order valence-corrected chi connectivity index (χ2v) is 4.39. The van der Waals surface area contributed by atoms with E-state index < -0.39 is 5.97 Å². The number of halogens is 1. The molecular formula is C15H14FNO3. The van der Waals surface area contributed by atoms with Crippen molar-refractivity contribution in [1.82, 2.24) is 0 Å². The number of rotatable bonds is 4. The van der Waals surface area contributed by atoms with Gasteiger partial charge in [-0.1, -0.05) is 12.1 Å². The number of anilines is 1. The van der Waals surface area contributed by atoms with Crippen molar-refractivity contribution in [2.24, 2.45) is 0 Å². The Kier molecular flexibility index (Phi) is 3.89. The maximum atomic E-state index is 13.2. The minimum absolute atomic E-state index is 0.0767. The van der Waals surface area contributed by atoms with Gasteiger partial charge in [-0.05, 0) is 42.3 Å². The molecule has 0 atom stereocenters. The third-order valence-electron chi connectivity index (χ3n) is 2.97. The van der Waals surface area contributed by atoms with E-state index in [-0.39, 0.29) is 29.4 Å². The van der Waals surface area contributed by atoms with Crippen LogP contribution < -0.4 is 10.5 Å². The van der Waals surface area contributed by atoms with Gasteiger partial charge in [-0.3, -0.25) is 0 Å². The summed E-state index contributed by atoms with van der Waals surface area (Å²) in [7, 11) is 0. The first kappa shape index (κ1) is 13.9. The largest absolute Gasteiger partial charge is 0.488 e. The lowest BCUT2D eigenvalue weighted by atomic mass is 10.1. The molecule has 3 N–H and O–H groups in total. The van der Waals surface area contributed by atoms with Crippen LogP contribution in [0.3, 0.4) is 0 Å². The molecule has 0 fully saturated rings. The fourth-order valence-corrected chi connectivity index (χ4v) is 1.85. The van der Waals surface area contributed by atoms with Crippen LogP contribution >= 0.6 is 0 Å². The van der Waals surface area contributed by atoms with Crippen molar-refractivity contribution >= 4 is 11.7 Å². The summed E-state index contributed by atoms with van der Waals surface area (Å²) in [5, 5.41) is 9.12. The topological polar surface area (TPSA) is 72.5 Å². The Balaban J connectivity index is 2.25. The zero-order valence-corrected chi connectivity index (χ0v) is 10.9. The van der Waals surface area contributed by atoms with Gasteiger partial charge < -0.3 is 15.6 Å². The minimum Gasteiger partial charge on any atom is -0.488 e. The molecule has 0 amide bonds. The number of benzene rings is 2. The van der Waals surface area contributed by atoms with Crippen molar-refractivity contribution in [3.05, 3.63) is 58.9 Å². The molecule has 20 heavy (non-hydrogen) atoms. The number of hydrogen-bond acceptors (Lipinski definition) is 3. The average molecular weight is 275 g/mol. The van der Waals surface area contributed by atoms with Crippen LogP contribution in [0.25, 0.3) is 0 Å². The average Bonchev–Trinajstić information content (AvgIpc) is 2.39. The molecular weight excluding hydrogens is 261 g/mol. The summed E-state index contributed by atoms with van der Waals surface area (Å²) >= 11 is 0. The molecule has 2 aromatic carbocycles. The maximum Gasteiger partial charge on any atom is 0.341 e. The monoisotopic (exact) mass is 275 g/mol. The van der Waals surface area contributed by atoms with E-state index >= 15 is 0 Å². The molecule has 5 heteroatoms. The zero-order valence-electron chi connectivity index (χ0n) is 10.9. The second kappa shape index (κ2) is 5.61. The van der Waals surface area contributed by atoms with E-state index in [2.05, 4.69) is 0 Å². The third kappa shape index (κ3) is 2.88. The molecule has 0 spiro atoms. The van der Waals surface area contributed by atoms with Gasteiger partial charge in [0, 0.05) is 5.69 Å².